The molecule has 2 rings (SSSR count). The molecule has 4 heteroatoms. The van der Waals surface area contributed by atoms with Crippen LogP contribution in [0.2, 0.25) is 0 Å². The number of carboxylic acid groups (broad SMARTS) is 1. The van der Waals surface area contributed by atoms with E-state index in [9.17, 15) is 4.79 Å². The molecule has 1 aliphatic heterocycles. The number of piperidine rings is 1. The van der Waals surface area contributed by atoms with Crippen molar-refractivity contribution in [3.63, 3.8) is 0 Å². The Labute approximate surface area is 122 Å². The van der Waals surface area contributed by atoms with Crippen LogP contribution in [-0.4, -0.2) is 47.8 Å². The van der Waals surface area contributed by atoms with Crippen LogP contribution in [0.1, 0.15) is 46.0 Å². The number of likely N-dealkylation sites (tertiary alicyclic amines) is 1. The van der Waals surface area contributed by atoms with Gasteiger partial charge in [-0.05, 0) is 19.3 Å². The van der Waals surface area contributed by atoms with Gasteiger partial charge in [0.1, 0.15) is 0 Å². The molecule has 0 spiro atoms. The van der Waals surface area contributed by atoms with Gasteiger partial charge in [-0.2, -0.15) is 0 Å². The van der Waals surface area contributed by atoms with Crippen molar-refractivity contribution in [1.82, 2.24) is 0 Å². The van der Waals surface area contributed by atoms with Crippen molar-refractivity contribution < 1.29 is 14.4 Å². The highest BCUT2D eigenvalue weighted by molar-refractivity contribution is 5.67. The number of nitrogens with zero attached hydrogens (tertiary/aromatic N) is 1. The molecule has 0 aromatic heterocycles. The molecule has 3 unspecified atom stereocenters. The molecule has 0 aromatic carbocycles. The average Bonchev–Trinajstić information content (AvgIpc) is 2.20. The van der Waals surface area contributed by atoms with Gasteiger partial charge < -0.3 is 15.3 Å². The molecule has 0 bridgehead atoms. The van der Waals surface area contributed by atoms with Crippen molar-refractivity contribution in [2.75, 3.05) is 26.2 Å². The van der Waals surface area contributed by atoms with Gasteiger partial charge >= 0.3 is 5.97 Å². The van der Waals surface area contributed by atoms with Crippen molar-refractivity contribution in [2.24, 2.45) is 23.5 Å². The van der Waals surface area contributed by atoms with E-state index in [0.29, 0.717) is 5.92 Å². The number of hydrogen-bond acceptors (Lipinski definition) is 2. The number of carboxylic acids is 1. The molecule has 0 amide bonds. The second-order valence-corrected chi connectivity index (χ2v) is 7.72. The first kappa shape index (κ1) is 15.8. The first-order valence-electron chi connectivity index (χ1n) is 8.21. The molecule has 1 saturated heterocycles. The summed E-state index contributed by atoms with van der Waals surface area (Å²) in [4.78, 5) is 11.0. The molecular formula is C16H31N2O2+. The number of nitrogens with two attached hydrogens (primary N) is 1. The highest BCUT2D eigenvalue weighted by Gasteiger charge is 2.42. The number of hydrogen-bond donors (Lipinski definition) is 2. The van der Waals surface area contributed by atoms with Crippen LogP contribution in [0.15, 0.2) is 0 Å². The van der Waals surface area contributed by atoms with Crippen LogP contribution in [0, 0.1) is 17.8 Å². The standard InChI is InChI=1S/C16H30N2O2/c1-12(2)8-18(9-13-4-3-5-13)10-14(7-16(19)20)6-15(17)11-18/h12-15H,3-11,17H2,1-2H3/p+1. The highest BCUT2D eigenvalue weighted by atomic mass is 16.4. The molecular weight excluding hydrogens is 252 g/mol. The van der Waals surface area contributed by atoms with Gasteiger partial charge in [0.05, 0.1) is 38.6 Å². The minimum Gasteiger partial charge on any atom is -0.481 e. The van der Waals surface area contributed by atoms with E-state index in [0.717, 1.165) is 36.5 Å². The van der Waals surface area contributed by atoms with E-state index in [-0.39, 0.29) is 18.4 Å². The molecule has 0 aromatic rings. The Morgan fingerprint density at radius 3 is 2.50 bits per heavy atom. The summed E-state index contributed by atoms with van der Waals surface area (Å²) in [7, 11) is 0. The first-order chi connectivity index (χ1) is 9.38. The van der Waals surface area contributed by atoms with Crippen LogP contribution in [0.25, 0.3) is 0 Å². The van der Waals surface area contributed by atoms with Crippen LogP contribution in [0.5, 0.6) is 0 Å². The summed E-state index contributed by atoms with van der Waals surface area (Å²) in [5, 5.41) is 9.10. The first-order valence-corrected chi connectivity index (χ1v) is 8.21. The Morgan fingerprint density at radius 2 is 2.00 bits per heavy atom. The summed E-state index contributed by atoms with van der Waals surface area (Å²) in [5.74, 6) is 1.08. The summed E-state index contributed by atoms with van der Waals surface area (Å²) in [6, 6.07) is 0.173. The molecule has 1 aliphatic carbocycles. The third-order valence-corrected chi connectivity index (χ3v) is 4.99. The second kappa shape index (κ2) is 6.44. The fraction of sp³-hybridized carbons (Fsp3) is 0.938. The molecule has 2 aliphatic rings. The lowest BCUT2D eigenvalue weighted by Crippen LogP contribution is -2.63. The van der Waals surface area contributed by atoms with Crippen LogP contribution in [0.4, 0.5) is 0 Å². The van der Waals surface area contributed by atoms with E-state index in [1.807, 2.05) is 0 Å². The van der Waals surface area contributed by atoms with Gasteiger partial charge in [-0.25, -0.2) is 0 Å². The van der Waals surface area contributed by atoms with E-state index in [1.165, 1.54) is 25.8 Å². The van der Waals surface area contributed by atoms with E-state index in [4.69, 9.17) is 10.8 Å². The second-order valence-electron chi connectivity index (χ2n) is 7.72. The van der Waals surface area contributed by atoms with Crippen molar-refractivity contribution in [3.8, 4) is 0 Å². The van der Waals surface area contributed by atoms with Crippen LogP contribution in [0.3, 0.4) is 0 Å². The fourth-order valence-corrected chi connectivity index (χ4v) is 4.46. The maximum Gasteiger partial charge on any atom is 0.303 e. The quantitative estimate of drug-likeness (QED) is 0.734. The smallest absolute Gasteiger partial charge is 0.303 e. The predicted molar refractivity (Wildman–Crippen MR) is 80.2 cm³/mol. The van der Waals surface area contributed by atoms with E-state index in [1.54, 1.807) is 0 Å². The lowest BCUT2D eigenvalue weighted by Gasteiger charge is -2.50. The van der Waals surface area contributed by atoms with Crippen LogP contribution < -0.4 is 5.73 Å². The molecule has 1 saturated carbocycles. The zero-order valence-corrected chi connectivity index (χ0v) is 13.1. The summed E-state index contributed by atoms with van der Waals surface area (Å²) >= 11 is 0. The number of quaternary nitrogens is 1. The Hall–Kier alpha value is -0.610. The SMILES string of the molecule is CC(C)C[N+]1(CC2CCC2)CC(N)CC(CC(=O)O)C1. The molecule has 4 nitrogen and oxygen atoms in total. The summed E-state index contributed by atoms with van der Waals surface area (Å²) < 4.78 is 1.07. The van der Waals surface area contributed by atoms with Crippen molar-refractivity contribution in [1.29, 1.82) is 0 Å². The zero-order valence-electron chi connectivity index (χ0n) is 13.1. The van der Waals surface area contributed by atoms with Gasteiger partial charge in [-0.3, -0.25) is 4.79 Å². The maximum absolute atomic E-state index is 11.0. The number of rotatable bonds is 6. The summed E-state index contributed by atoms with van der Waals surface area (Å²) in [6.45, 7) is 8.99. The molecule has 116 valence electrons. The van der Waals surface area contributed by atoms with Gasteiger partial charge in [0.15, 0.2) is 0 Å². The highest BCUT2D eigenvalue weighted by Crippen LogP contribution is 2.34. The van der Waals surface area contributed by atoms with E-state index in [2.05, 4.69) is 13.8 Å². The average molecular weight is 283 g/mol. The minimum absolute atomic E-state index is 0.173. The van der Waals surface area contributed by atoms with E-state index < -0.39 is 5.97 Å². The van der Waals surface area contributed by atoms with Gasteiger partial charge in [-0.1, -0.05) is 20.3 Å². The fourth-order valence-electron chi connectivity index (χ4n) is 4.46. The van der Waals surface area contributed by atoms with Crippen molar-refractivity contribution >= 4 is 5.97 Å². The molecule has 3 atom stereocenters. The van der Waals surface area contributed by atoms with Crippen molar-refractivity contribution in [3.05, 3.63) is 0 Å². The Balaban J connectivity index is 2.07. The number of aliphatic carboxylic acids is 1. The normalized spacial score (nSPS) is 35.0. The molecule has 0 radical (unpaired) electrons. The van der Waals surface area contributed by atoms with Gasteiger partial charge in [-0.15, -0.1) is 0 Å². The van der Waals surface area contributed by atoms with Crippen molar-refractivity contribution in [2.45, 2.75) is 52.0 Å². The topological polar surface area (TPSA) is 63.3 Å². The Kier molecular flexibility index (Phi) is 5.08. The molecule has 20 heavy (non-hydrogen) atoms. The zero-order chi connectivity index (χ0) is 14.8. The lowest BCUT2D eigenvalue weighted by molar-refractivity contribution is -0.942. The van der Waals surface area contributed by atoms with E-state index >= 15 is 0 Å². The predicted octanol–water partition coefficient (Wildman–Crippen LogP) is 2.08. The summed E-state index contributed by atoms with van der Waals surface area (Å²) in [6.07, 6.45) is 5.26. The lowest BCUT2D eigenvalue weighted by atomic mass is 9.81. The minimum atomic E-state index is -0.671. The van der Waals surface area contributed by atoms with Gasteiger partial charge in [0, 0.05) is 17.8 Å². The van der Waals surface area contributed by atoms with Crippen LogP contribution >= 0.6 is 0 Å². The molecule has 2 fully saturated rings. The third-order valence-electron chi connectivity index (χ3n) is 4.99. The van der Waals surface area contributed by atoms with Gasteiger partial charge in [0.25, 0.3) is 0 Å². The maximum atomic E-state index is 11.0. The largest absolute Gasteiger partial charge is 0.481 e. The Morgan fingerprint density at radius 1 is 1.30 bits per heavy atom. The molecule has 1 heterocycles. The third kappa shape index (κ3) is 4.19. The molecule has 3 N–H and O–H groups in total. The van der Waals surface area contributed by atoms with Crippen LogP contribution in [-0.2, 0) is 4.79 Å². The monoisotopic (exact) mass is 283 g/mol. The number of carbonyl (C=O) groups is 1. The summed E-state index contributed by atoms with van der Waals surface area (Å²) in [5.41, 5.74) is 6.28. The van der Waals surface area contributed by atoms with Gasteiger partial charge in [0.2, 0.25) is 0 Å². The Bertz CT molecular complexity index is 337.